The van der Waals surface area contributed by atoms with Gasteiger partial charge in [0.15, 0.2) is 0 Å². The Bertz CT molecular complexity index is 1090. The van der Waals surface area contributed by atoms with Crippen molar-refractivity contribution >= 4 is 16.7 Å². The number of morpholine rings is 1. The maximum absolute atomic E-state index is 13.5. The Morgan fingerprint density at radius 1 is 0.939 bits per heavy atom. The van der Waals surface area contributed by atoms with Gasteiger partial charge in [0.25, 0.3) is 5.91 Å². The van der Waals surface area contributed by atoms with E-state index in [1.165, 1.54) is 16.3 Å². The number of likely N-dealkylation sites (tertiary alicyclic amines) is 1. The van der Waals surface area contributed by atoms with Gasteiger partial charge in [0.05, 0.1) is 13.2 Å². The molecule has 1 aromatic heterocycles. The summed E-state index contributed by atoms with van der Waals surface area (Å²) in [6, 6.07) is 16.8. The van der Waals surface area contributed by atoms with Gasteiger partial charge >= 0.3 is 0 Å². The van der Waals surface area contributed by atoms with E-state index < -0.39 is 0 Å². The minimum atomic E-state index is 0.189. The summed E-state index contributed by atoms with van der Waals surface area (Å²) in [5, 5.41) is 2.51. The highest BCUT2D eigenvalue weighted by atomic mass is 16.5. The number of amides is 1. The monoisotopic (exact) mass is 443 g/mol. The average Bonchev–Trinajstić information content (AvgIpc) is 3.10. The minimum absolute atomic E-state index is 0.189. The minimum Gasteiger partial charge on any atom is -0.379 e. The Morgan fingerprint density at radius 2 is 1.79 bits per heavy atom. The predicted molar refractivity (Wildman–Crippen MR) is 131 cm³/mol. The fraction of sp³-hybridized carbons (Fsp3) is 0.429. The Balaban J connectivity index is 1.25. The van der Waals surface area contributed by atoms with Crippen LogP contribution in [0.3, 0.4) is 0 Å². The van der Waals surface area contributed by atoms with Gasteiger partial charge < -0.3 is 9.64 Å². The lowest BCUT2D eigenvalue weighted by Crippen LogP contribution is -2.37. The first kappa shape index (κ1) is 22.1. The summed E-state index contributed by atoms with van der Waals surface area (Å²) in [7, 11) is 0. The number of benzene rings is 2. The first-order chi connectivity index (χ1) is 16.3. The molecule has 33 heavy (non-hydrogen) atoms. The molecule has 0 radical (unpaired) electrons. The van der Waals surface area contributed by atoms with E-state index in [2.05, 4.69) is 45.1 Å². The zero-order valence-electron chi connectivity index (χ0n) is 19.3. The molecule has 1 atom stereocenters. The first-order valence-corrected chi connectivity index (χ1v) is 12.3. The van der Waals surface area contributed by atoms with E-state index >= 15 is 0 Å². The SMILES string of the molecule is O=C(c1ccccc1CN1CCOCC1)N1CCCC(Cc2cccc3ccncc23)CC1. The molecule has 172 valence electrons. The van der Waals surface area contributed by atoms with Crippen molar-refractivity contribution in [3.8, 4) is 0 Å². The third-order valence-corrected chi connectivity index (χ3v) is 7.16. The molecule has 2 fully saturated rings. The molecule has 1 unspecified atom stereocenters. The molecule has 0 N–H and O–H groups in total. The fourth-order valence-corrected chi connectivity index (χ4v) is 5.28. The lowest BCUT2D eigenvalue weighted by molar-refractivity contribution is 0.0340. The van der Waals surface area contributed by atoms with Gasteiger partial charge in [0, 0.05) is 56.1 Å². The number of aromatic nitrogens is 1. The number of carbonyl (C=O) groups is 1. The van der Waals surface area contributed by atoms with Gasteiger partial charge in [-0.2, -0.15) is 0 Å². The highest BCUT2D eigenvalue weighted by Crippen LogP contribution is 2.27. The van der Waals surface area contributed by atoms with Gasteiger partial charge in [-0.25, -0.2) is 0 Å². The molecule has 0 aliphatic carbocycles. The van der Waals surface area contributed by atoms with Crippen LogP contribution in [0, 0.1) is 5.92 Å². The van der Waals surface area contributed by atoms with E-state index in [0.29, 0.717) is 5.92 Å². The van der Waals surface area contributed by atoms with Crippen LogP contribution in [0.4, 0.5) is 0 Å². The molecule has 1 amide bonds. The second-order valence-electron chi connectivity index (χ2n) is 9.35. The maximum Gasteiger partial charge on any atom is 0.254 e. The number of rotatable bonds is 5. The molecule has 5 heteroatoms. The van der Waals surface area contributed by atoms with Crippen molar-refractivity contribution in [2.45, 2.75) is 32.2 Å². The number of fused-ring (bicyclic) bond motifs is 1. The Hall–Kier alpha value is -2.76. The highest BCUT2D eigenvalue weighted by Gasteiger charge is 2.24. The van der Waals surface area contributed by atoms with Crippen molar-refractivity contribution in [2.24, 2.45) is 5.92 Å². The number of ether oxygens (including phenoxy) is 1. The van der Waals surface area contributed by atoms with Gasteiger partial charge in [-0.15, -0.1) is 0 Å². The predicted octanol–water partition coefficient (Wildman–Crippen LogP) is 4.55. The standard InChI is InChI=1S/C28H33N3O2/c32-28(26-9-2-1-6-25(26)21-30-15-17-33-18-16-30)31-13-4-5-22(11-14-31)19-24-8-3-7-23-10-12-29-20-27(23)24/h1-3,6-10,12,20,22H,4-5,11,13-19,21H2. The molecule has 2 aromatic carbocycles. The van der Waals surface area contributed by atoms with Crippen molar-refractivity contribution in [1.29, 1.82) is 0 Å². The van der Waals surface area contributed by atoms with Crippen LogP contribution in [0.15, 0.2) is 60.9 Å². The molecule has 0 spiro atoms. The maximum atomic E-state index is 13.5. The van der Waals surface area contributed by atoms with Crippen molar-refractivity contribution in [3.05, 3.63) is 77.6 Å². The van der Waals surface area contributed by atoms with Crippen LogP contribution in [-0.4, -0.2) is 60.1 Å². The van der Waals surface area contributed by atoms with E-state index in [4.69, 9.17) is 4.74 Å². The van der Waals surface area contributed by atoms with Crippen molar-refractivity contribution in [1.82, 2.24) is 14.8 Å². The molecule has 2 aliphatic rings. The molecule has 5 nitrogen and oxygen atoms in total. The fourth-order valence-electron chi connectivity index (χ4n) is 5.28. The summed E-state index contributed by atoms with van der Waals surface area (Å²) in [5.41, 5.74) is 3.37. The van der Waals surface area contributed by atoms with E-state index in [0.717, 1.165) is 82.7 Å². The number of carbonyl (C=O) groups excluding carboxylic acids is 1. The quantitative estimate of drug-likeness (QED) is 0.580. The molecular weight excluding hydrogens is 410 g/mol. The second-order valence-corrected chi connectivity index (χ2v) is 9.35. The smallest absolute Gasteiger partial charge is 0.254 e. The Labute approximate surface area is 196 Å². The van der Waals surface area contributed by atoms with Crippen LogP contribution >= 0.6 is 0 Å². The van der Waals surface area contributed by atoms with Crippen molar-refractivity contribution < 1.29 is 9.53 Å². The highest BCUT2D eigenvalue weighted by molar-refractivity contribution is 5.95. The summed E-state index contributed by atoms with van der Waals surface area (Å²) in [4.78, 5) is 22.3. The Morgan fingerprint density at radius 3 is 2.70 bits per heavy atom. The van der Waals surface area contributed by atoms with E-state index in [-0.39, 0.29) is 5.91 Å². The van der Waals surface area contributed by atoms with Crippen LogP contribution in [0.2, 0.25) is 0 Å². The van der Waals surface area contributed by atoms with Crippen LogP contribution in [0.1, 0.15) is 40.7 Å². The molecule has 2 aliphatic heterocycles. The molecule has 3 heterocycles. The van der Waals surface area contributed by atoms with Crippen LogP contribution in [0.25, 0.3) is 10.8 Å². The van der Waals surface area contributed by atoms with Gasteiger partial charge in [0.1, 0.15) is 0 Å². The van der Waals surface area contributed by atoms with Gasteiger partial charge in [-0.1, -0.05) is 36.4 Å². The number of hydrogen-bond acceptors (Lipinski definition) is 4. The Kier molecular flexibility index (Phi) is 6.98. The third kappa shape index (κ3) is 5.26. The topological polar surface area (TPSA) is 45.7 Å². The van der Waals surface area contributed by atoms with Crippen LogP contribution < -0.4 is 0 Å². The second kappa shape index (κ2) is 10.4. The largest absolute Gasteiger partial charge is 0.379 e. The average molecular weight is 444 g/mol. The summed E-state index contributed by atoms with van der Waals surface area (Å²) in [6.45, 7) is 5.90. The van der Waals surface area contributed by atoms with E-state index in [1.54, 1.807) is 0 Å². The zero-order chi connectivity index (χ0) is 22.5. The summed E-state index contributed by atoms with van der Waals surface area (Å²) in [6.07, 6.45) is 8.17. The third-order valence-electron chi connectivity index (χ3n) is 7.16. The number of hydrogen-bond donors (Lipinski definition) is 0. The summed E-state index contributed by atoms with van der Waals surface area (Å²) in [5.74, 6) is 0.783. The first-order valence-electron chi connectivity index (χ1n) is 12.3. The van der Waals surface area contributed by atoms with Crippen molar-refractivity contribution in [3.63, 3.8) is 0 Å². The van der Waals surface area contributed by atoms with Gasteiger partial charge in [0.2, 0.25) is 0 Å². The summed E-state index contributed by atoms with van der Waals surface area (Å²) < 4.78 is 5.48. The van der Waals surface area contributed by atoms with E-state index in [1.807, 2.05) is 30.6 Å². The molecule has 0 saturated carbocycles. The van der Waals surface area contributed by atoms with Gasteiger partial charge in [-0.05, 0) is 60.2 Å². The zero-order valence-corrected chi connectivity index (χ0v) is 19.3. The molecule has 2 saturated heterocycles. The van der Waals surface area contributed by atoms with Crippen LogP contribution in [0.5, 0.6) is 0 Å². The summed E-state index contributed by atoms with van der Waals surface area (Å²) >= 11 is 0. The molecule has 3 aromatic rings. The lowest BCUT2D eigenvalue weighted by Gasteiger charge is -2.28. The number of nitrogens with zero attached hydrogens (tertiary/aromatic N) is 3. The molecular formula is C28H33N3O2. The van der Waals surface area contributed by atoms with Crippen LogP contribution in [-0.2, 0) is 17.7 Å². The lowest BCUT2D eigenvalue weighted by atomic mass is 9.91. The molecule has 0 bridgehead atoms. The molecule has 5 rings (SSSR count). The number of pyridine rings is 1. The van der Waals surface area contributed by atoms with Crippen molar-refractivity contribution in [2.75, 3.05) is 39.4 Å². The van der Waals surface area contributed by atoms with E-state index in [9.17, 15) is 4.79 Å². The van der Waals surface area contributed by atoms with Gasteiger partial charge in [-0.3, -0.25) is 14.7 Å². The normalized spacial score (nSPS) is 20.0.